The van der Waals surface area contributed by atoms with Crippen molar-refractivity contribution in [3.05, 3.63) is 102 Å². The summed E-state index contributed by atoms with van der Waals surface area (Å²) in [6.45, 7) is 0. The first-order valence-corrected chi connectivity index (χ1v) is 10.3. The third-order valence-corrected chi connectivity index (χ3v) is 5.73. The van der Waals surface area contributed by atoms with Crippen LogP contribution in [0.1, 0.15) is 22.7 Å². The van der Waals surface area contributed by atoms with E-state index in [1.807, 2.05) is 72.8 Å². The highest BCUT2D eigenvalue weighted by atomic mass is 16.5. The average molecular weight is 410 g/mol. The van der Waals surface area contributed by atoms with Crippen molar-refractivity contribution in [1.29, 1.82) is 0 Å². The summed E-state index contributed by atoms with van der Waals surface area (Å²) in [6.07, 6.45) is 0.593. The van der Waals surface area contributed by atoms with Gasteiger partial charge in [0.2, 0.25) is 5.88 Å². The molecule has 0 radical (unpaired) electrons. The molecule has 5 nitrogen and oxygen atoms in total. The molecule has 0 saturated carbocycles. The van der Waals surface area contributed by atoms with E-state index in [1.165, 1.54) is 0 Å². The molecule has 4 aromatic rings. The topological polar surface area (TPSA) is 64.2 Å². The lowest BCUT2D eigenvalue weighted by molar-refractivity contribution is -0.141. The van der Waals surface area contributed by atoms with Crippen LogP contribution < -0.4 is 9.47 Å². The lowest BCUT2D eigenvalue weighted by Gasteiger charge is -2.29. The maximum Gasteiger partial charge on any atom is 0.317 e. The zero-order valence-electron chi connectivity index (χ0n) is 17.1. The van der Waals surface area contributed by atoms with E-state index in [9.17, 15) is 4.79 Å². The Morgan fingerprint density at radius 3 is 2.29 bits per heavy atom. The average Bonchev–Trinajstić information content (AvgIpc) is 3.24. The zero-order chi connectivity index (χ0) is 21.2. The van der Waals surface area contributed by atoms with Gasteiger partial charge >= 0.3 is 5.97 Å². The molecule has 0 saturated heterocycles. The molecule has 31 heavy (non-hydrogen) atoms. The molecule has 0 fully saturated rings. The first-order valence-electron chi connectivity index (χ1n) is 10.3. The van der Waals surface area contributed by atoms with Gasteiger partial charge in [-0.05, 0) is 41.8 Å². The van der Waals surface area contributed by atoms with Crippen molar-refractivity contribution in [3.63, 3.8) is 0 Å². The minimum Gasteiger partial charge on any atom is -0.497 e. The van der Waals surface area contributed by atoms with Crippen LogP contribution in [0.3, 0.4) is 0 Å². The van der Waals surface area contributed by atoms with Crippen LogP contribution in [-0.4, -0.2) is 23.0 Å². The Kier molecular flexibility index (Phi) is 5.00. The number of esters is 1. The number of fused-ring (bicyclic) bond motifs is 1. The highest BCUT2D eigenvalue weighted by Crippen LogP contribution is 2.43. The van der Waals surface area contributed by atoms with E-state index in [4.69, 9.17) is 9.47 Å². The summed E-state index contributed by atoms with van der Waals surface area (Å²) in [7, 11) is 1.64. The predicted octanol–water partition coefficient (Wildman–Crippen LogP) is 5.00. The molecule has 5 rings (SSSR count). The highest BCUT2D eigenvalue weighted by Gasteiger charge is 2.41. The Hall–Kier alpha value is -3.86. The number of carbonyl (C=O) groups is 1. The number of ether oxygens (including phenoxy) is 2. The van der Waals surface area contributed by atoms with Crippen LogP contribution in [0.15, 0.2) is 84.9 Å². The zero-order valence-corrected chi connectivity index (χ0v) is 17.1. The Morgan fingerprint density at radius 2 is 1.61 bits per heavy atom. The fourth-order valence-electron chi connectivity index (χ4n) is 4.18. The van der Waals surface area contributed by atoms with E-state index in [0.29, 0.717) is 18.1 Å². The molecular weight excluding hydrogens is 388 g/mol. The van der Waals surface area contributed by atoms with Gasteiger partial charge in [0.25, 0.3) is 0 Å². The van der Waals surface area contributed by atoms with Gasteiger partial charge in [0, 0.05) is 11.5 Å². The summed E-state index contributed by atoms with van der Waals surface area (Å²) in [5.74, 6) is 1.03. The Bertz CT molecular complexity index is 1180. The largest absolute Gasteiger partial charge is 0.497 e. The number of hydrogen-bond donors (Lipinski definition) is 1. The molecule has 1 aliphatic rings. The van der Waals surface area contributed by atoms with Crippen LogP contribution in [0.25, 0.3) is 11.4 Å². The number of methoxy groups -OCH3 is 1. The summed E-state index contributed by atoms with van der Waals surface area (Å²) in [5, 5.41) is 0. The van der Waals surface area contributed by atoms with E-state index in [2.05, 4.69) is 22.1 Å². The smallest absolute Gasteiger partial charge is 0.317 e. The molecule has 2 heterocycles. The quantitative estimate of drug-likeness (QED) is 0.471. The van der Waals surface area contributed by atoms with Crippen molar-refractivity contribution in [2.24, 2.45) is 5.92 Å². The molecule has 154 valence electrons. The van der Waals surface area contributed by atoms with Gasteiger partial charge in [-0.1, -0.05) is 60.7 Å². The molecule has 3 aromatic carbocycles. The number of aromatic amines is 1. The van der Waals surface area contributed by atoms with Crippen molar-refractivity contribution in [3.8, 4) is 23.0 Å². The summed E-state index contributed by atoms with van der Waals surface area (Å²) in [5.41, 5.74) is 3.89. The lowest BCUT2D eigenvalue weighted by Crippen LogP contribution is -2.34. The molecule has 1 aliphatic heterocycles. The predicted molar refractivity (Wildman–Crippen MR) is 118 cm³/mol. The van der Waals surface area contributed by atoms with E-state index in [1.54, 1.807) is 7.11 Å². The van der Waals surface area contributed by atoms with Gasteiger partial charge in [0.1, 0.15) is 11.6 Å². The minimum atomic E-state index is -0.346. The Balaban J connectivity index is 1.58. The lowest BCUT2D eigenvalue weighted by atomic mass is 9.79. The molecule has 0 spiro atoms. The molecule has 0 aliphatic carbocycles. The second-order valence-corrected chi connectivity index (χ2v) is 7.64. The normalized spacial score (nSPS) is 17.6. The number of hydrogen-bond acceptors (Lipinski definition) is 4. The first kappa shape index (κ1) is 19.1. The molecule has 5 heteroatoms. The summed E-state index contributed by atoms with van der Waals surface area (Å²) in [6, 6.07) is 27.8. The van der Waals surface area contributed by atoms with Crippen molar-refractivity contribution >= 4 is 5.97 Å². The van der Waals surface area contributed by atoms with Crippen LogP contribution >= 0.6 is 0 Å². The van der Waals surface area contributed by atoms with Crippen LogP contribution in [-0.2, 0) is 11.2 Å². The van der Waals surface area contributed by atoms with Crippen LogP contribution in [0.4, 0.5) is 0 Å². The third kappa shape index (κ3) is 3.70. The molecule has 0 amide bonds. The van der Waals surface area contributed by atoms with E-state index < -0.39 is 0 Å². The van der Waals surface area contributed by atoms with E-state index >= 15 is 0 Å². The first-order chi connectivity index (χ1) is 15.2. The molecule has 0 unspecified atom stereocenters. The van der Waals surface area contributed by atoms with Gasteiger partial charge in [-0.3, -0.25) is 4.79 Å². The molecule has 1 N–H and O–H groups in total. The van der Waals surface area contributed by atoms with Crippen molar-refractivity contribution < 1.29 is 14.3 Å². The highest BCUT2D eigenvalue weighted by molar-refractivity contribution is 5.80. The van der Waals surface area contributed by atoms with Crippen LogP contribution in [0, 0.1) is 5.92 Å². The summed E-state index contributed by atoms with van der Waals surface area (Å²) in [4.78, 5) is 21.1. The monoisotopic (exact) mass is 410 g/mol. The minimum absolute atomic E-state index is 0.169. The molecule has 2 atom stereocenters. The van der Waals surface area contributed by atoms with Crippen molar-refractivity contribution in [1.82, 2.24) is 9.97 Å². The second kappa shape index (κ2) is 8.11. The standard InChI is InChI=1S/C26H22N2O3/c1-30-20-14-12-19(13-15-20)24-27-23-22(18-10-6-3-7-11-18)21(26(29)31-25(23)28-24)16-17-8-4-2-5-9-17/h2-15,21-22H,16H2,1H3,(H,27,28)/t21-,22+/m0/s1. The molecule has 1 aromatic heterocycles. The number of aromatic nitrogens is 2. The van der Waals surface area contributed by atoms with E-state index in [0.717, 1.165) is 28.1 Å². The van der Waals surface area contributed by atoms with Crippen molar-refractivity contribution in [2.75, 3.05) is 7.11 Å². The summed E-state index contributed by atoms with van der Waals surface area (Å²) >= 11 is 0. The van der Waals surface area contributed by atoms with Crippen LogP contribution in [0.2, 0.25) is 0 Å². The number of nitrogens with one attached hydrogen (secondary N) is 1. The van der Waals surface area contributed by atoms with E-state index in [-0.39, 0.29) is 17.8 Å². The van der Waals surface area contributed by atoms with Gasteiger partial charge in [0.05, 0.1) is 18.7 Å². The van der Waals surface area contributed by atoms with Gasteiger partial charge in [-0.15, -0.1) is 0 Å². The second-order valence-electron chi connectivity index (χ2n) is 7.64. The third-order valence-electron chi connectivity index (χ3n) is 5.73. The van der Waals surface area contributed by atoms with Gasteiger partial charge in [-0.2, -0.15) is 4.98 Å². The maximum atomic E-state index is 13.1. The number of nitrogens with zero attached hydrogens (tertiary/aromatic N) is 1. The summed E-state index contributed by atoms with van der Waals surface area (Å²) < 4.78 is 11.0. The molecule has 0 bridgehead atoms. The number of imidazole rings is 1. The molecular formula is C26H22N2O3. The Morgan fingerprint density at radius 1 is 0.935 bits per heavy atom. The van der Waals surface area contributed by atoms with Gasteiger partial charge in [0.15, 0.2) is 0 Å². The van der Waals surface area contributed by atoms with Crippen LogP contribution in [0.5, 0.6) is 11.6 Å². The number of benzene rings is 3. The number of rotatable bonds is 5. The SMILES string of the molecule is COc1ccc(-c2nc3c([nH]2)[C@H](c2ccccc2)[C@H](Cc2ccccc2)C(=O)O3)cc1. The van der Waals surface area contributed by atoms with Gasteiger partial charge in [-0.25, -0.2) is 0 Å². The van der Waals surface area contributed by atoms with Gasteiger partial charge < -0.3 is 14.5 Å². The fraction of sp³-hybridized carbons (Fsp3) is 0.154. The Labute approximate surface area is 180 Å². The maximum absolute atomic E-state index is 13.1. The number of H-pyrrole nitrogens is 1. The van der Waals surface area contributed by atoms with Crippen molar-refractivity contribution in [2.45, 2.75) is 12.3 Å². The fourth-order valence-corrected chi connectivity index (χ4v) is 4.18. The number of carbonyl (C=O) groups excluding carboxylic acids is 1.